The fourth-order valence-electron chi connectivity index (χ4n) is 4.46. The number of carboxylic acid groups (broad SMARTS) is 1. The fraction of sp³-hybridized carbons (Fsp3) is 0.308. The van der Waals surface area contributed by atoms with Crippen LogP contribution < -0.4 is 5.32 Å². The highest BCUT2D eigenvalue weighted by molar-refractivity contribution is 5.94. The minimum absolute atomic E-state index is 0.0104. The van der Waals surface area contributed by atoms with Crippen LogP contribution in [0.15, 0.2) is 59.1 Å². The van der Waals surface area contributed by atoms with Gasteiger partial charge in [-0.15, -0.1) is 0 Å². The van der Waals surface area contributed by atoms with Crippen molar-refractivity contribution in [1.82, 2.24) is 15.4 Å². The van der Waals surface area contributed by atoms with Crippen LogP contribution in [-0.2, 0) is 16.1 Å². The molecule has 0 radical (unpaired) electrons. The molecule has 1 saturated carbocycles. The summed E-state index contributed by atoms with van der Waals surface area (Å²) >= 11 is 0. The van der Waals surface area contributed by atoms with Crippen LogP contribution in [0.5, 0.6) is 0 Å². The lowest BCUT2D eigenvalue weighted by Crippen LogP contribution is -2.37. The lowest BCUT2D eigenvalue weighted by molar-refractivity contribution is -0.137. The summed E-state index contributed by atoms with van der Waals surface area (Å²) < 4.78 is 10.7. The molecule has 1 aromatic heterocycles. The minimum Gasteiger partial charge on any atom is -0.480 e. The van der Waals surface area contributed by atoms with Crippen LogP contribution in [0.1, 0.15) is 46.1 Å². The van der Waals surface area contributed by atoms with E-state index >= 15 is 0 Å². The highest BCUT2D eigenvalue weighted by Crippen LogP contribution is 2.44. The number of carbonyl (C=O) groups is 3. The van der Waals surface area contributed by atoms with Crippen molar-refractivity contribution in [1.29, 1.82) is 0 Å². The minimum atomic E-state index is -1.08. The Balaban J connectivity index is 1.16. The van der Waals surface area contributed by atoms with Crippen molar-refractivity contribution >= 4 is 18.0 Å². The summed E-state index contributed by atoms with van der Waals surface area (Å²) in [6.07, 6.45) is 1.35. The van der Waals surface area contributed by atoms with Gasteiger partial charge >= 0.3 is 12.1 Å². The predicted molar refractivity (Wildman–Crippen MR) is 125 cm³/mol. The first-order valence-corrected chi connectivity index (χ1v) is 11.5. The third kappa shape index (κ3) is 5.03. The predicted octanol–water partition coefficient (Wildman–Crippen LogP) is 3.65. The van der Waals surface area contributed by atoms with E-state index in [0.717, 1.165) is 35.1 Å². The Labute approximate surface area is 201 Å². The molecule has 9 nitrogen and oxygen atoms in total. The first-order chi connectivity index (χ1) is 17.0. The monoisotopic (exact) mass is 475 g/mol. The Kier molecular flexibility index (Phi) is 6.22. The van der Waals surface area contributed by atoms with Crippen LogP contribution in [-0.4, -0.2) is 52.8 Å². The van der Waals surface area contributed by atoms with Crippen molar-refractivity contribution in [2.45, 2.75) is 25.3 Å². The molecule has 9 heteroatoms. The molecule has 0 aliphatic heterocycles. The average molecular weight is 476 g/mol. The van der Waals surface area contributed by atoms with Crippen molar-refractivity contribution < 1.29 is 28.8 Å². The van der Waals surface area contributed by atoms with Crippen LogP contribution >= 0.6 is 0 Å². The van der Waals surface area contributed by atoms with Gasteiger partial charge in [0.25, 0.3) is 5.91 Å². The zero-order valence-electron chi connectivity index (χ0n) is 19.0. The third-order valence-corrected chi connectivity index (χ3v) is 6.32. The van der Waals surface area contributed by atoms with Crippen molar-refractivity contribution in [3.05, 3.63) is 77.2 Å². The zero-order chi connectivity index (χ0) is 24.4. The molecule has 0 saturated heterocycles. The maximum Gasteiger partial charge on any atom is 0.407 e. The number of aliphatic carboxylic acids is 1. The number of aromatic nitrogens is 1. The van der Waals surface area contributed by atoms with E-state index in [1.54, 1.807) is 0 Å². The smallest absolute Gasteiger partial charge is 0.407 e. The number of fused-ring (bicyclic) bond motifs is 3. The van der Waals surface area contributed by atoms with E-state index in [9.17, 15) is 14.4 Å². The van der Waals surface area contributed by atoms with Gasteiger partial charge in [0.05, 0.1) is 6.54 Å². The molecular weight excluding hydrogens is 450 g/mol. The largest absolute Gasteiger partial charge is 0.480 e. The van der Waals surface area contributed by atoms with E-state index in [-0.39, 0.29) is 30.5 Å². The molecule has 3 aromatic rings. The maximum atomic E-state index is 12.7. The highest BCUT2D eigenvalue weighted by atomic mass is 16.5. The SMILES string of the molecule is O=C(O)CN(CC1CC1)C(=O)c1cc(CNC(=O)OCC2c3ccccc3-c3ccccc32)on1. The Hall–Kier alpha value is -4.14. The van der Waals surface area contributed by atoms with Crippen LogP contribution in [0.4, 0.5) is 4.79 Å². The Bertz CT molecular complexity index is 1220. The zero-order valence-corrected chi connectivity index (χ0v) is 19.0. The number of amides is 2. The van der Waals surface area contributed by atoms with E-state index in [0.29, 0.717) is 12.5 Å². The Morgan fingerprint density at radius 2 is 1.71 bits per heavy atom. The molecule has 180 valence electrons. The normalized spacial score (nSPS) is 14.2. The van der Waals surface area contributed by atoms with Gasteiger partial charge in [-0.25, -0.2) is 4.79 Å². The lowest BCUT2D eigenvalue weighted by Gasteiger charge is -2.18. The standard InChI is InChI=1S/C26H25N3O6/c30-24(31)14-29(13-16-9-10-16)25(32)23-11-17(35-28-23)12-27-26(33)34-15-22-20-7-3-1-5-18(20)19-6-2-4-8-21(19)22/h1-8,11,16,22H,9-10,12-15H2,(H,27,33)(H,30,31). The highest BCUT2D eigenvalue weighted by Gasteiger charge is 2.31. The molecule has 1 heterocycles. The molecule has 35 heavy (non-hydrogen) atoms. The summed E-state index contributed by atoms with van der Waals surface area (Å²) in [5.41, 5.74) is 4.55. The number of hydrogen-bond acceptors (Lipinski definition) is 6. The van der Waals surface area contributed by atoms with Crippen LogP contribution in [0.3, 0.4) is 0 Å². The third-order valence-electron chi connectivity index (χ3n) is 6.32. The van der Waals surface area contributed by atoms with Gasteiger partial charge in [-0.3, -0.25) is 9.59 Å². The van der Waals surface area contributed by atoms with Gasteiger partial charge in [-0.2, -0.15) is 0 Å². The number of alkyl carbamates (subject to hydrolysis) is 1. The number of carbonyl (C=O) groups excluding carboxylic acids is 2. The van der Waals surface area contributed by atoms with E-state index < -0.39 is 24.5 Å². The molecule has 0 unspecified atom stereocenters. The van der Waals surface area contributed by atoms with Gasteiger partial charge in [0.2, 0.25) is 0 Å². The van der Waals surface area contributed by atoms with Gasteiger partial charge < -0.3 is 24.6 Å². The van der Waals surface area contributed by atoms with Crippen LogP contribution in [0.25, 0.3) is 11.1 Å². The van der Waals surface area contributed by atoms with Gasteiger partial charge in [0, 0.05) is 18.5 Å². The molecule has 0 spiro atoms. The molecule has 1 fully saturated rings. The van der Waals surface area contributed by atoms with Crippen molar-refractivity contribution in [3.8, 4) is 11.1 Å². The van der Waals surface area contributed by atoms with Crippen molar-refractivity contribution in [3.63, 3.8) is 0 Å². The summed E-state index contributed by atoms with van der Waals surface area (Å²) in [6.45, 7) is 0.157. The number of hydrogen-bond donors (Lipinski definition) is 2. The summed E-state index contributed by atoms with van der Waals surface area (Å²) in [5, 5.41) is 15.5. The van der Waals surface area contributed by atoms with Crippen molar-refractivity contribution in [2.75, 3.05) is 19.7 Å². The van der Waals surface area contributed by atoms with Gasteiger partial charge in [0.1, 0.15) is 13.2 Å². The molecule has 0 bridgehead atoms. The quantitative estimate of drug-likeness (QED) is 0.484. The second-order valence-electron chi connectivity index (χ2n) is 8.88. The molecule has 2 aromatic carbocycles. The van der Waals surface area contributed by atoms with Gasteiger partial charge in [-0.05, 0) is 41.0 Å². The van der Waals surface area contributed by atoms with E-state index in [2.05, 4.69) is 22.6 Å². The lowest BCUT2D eigenvalue weighted by atomic mass is 9.98. The summed E-state index contributed by atoms with van der Waals surface area (Å²) in [7, 11) is 0. The number of nitrogens with zero attached hydrogens (tertiary/aromatic N) is 2. The molecule has 5 rings (SSSR count). The first-order valence-electron chi connectivity index (χ1n) is 11.5. The van der Waals surface area contributed by atoms with E-state index in [1.165, 1.54) is 11.0 Å². The number of nitrogens with one attached hydrogen (secondary N) is 1. The number of rotatable bonds is 9. The van der Waals surface area contributed by atoms with Crippen LogP contribution in [0.2, 0.25) is 0 Å². The molecule has 2 N–H and O–H groups in total. The molecular formula is C26H25N3O6. The van der Waals surface area contributed by atoms with E-state index in [4.69, 9.17) is 14.4 Å². The number of benzene rings is 2. The first kappa shape index (κ1) is 22.6. The maximum absolute atomic E-state index is 12.7. The van der Waals surface area contributed by atoms with E-state index in [1.807, 2.05) is 36.4 Å². The summed E-state index contributed by atoms with van der Waals surface area (Å²) in [5.74, 6) is -1.03. The number of carboxylic acids is 1. The summed E-state index contributed by atoms with van der Waals surface area (Å²) in [6, 6.07) is 17.6. The van der Waals surface area contributed by atoms with Gasteiger partial charge in [-0.1, -0.05) is 53.7 Å². The molecule has 0 atom stereocenters. The molecule has 2 aliphatic carbocycles. The summed E-state index contributed by atoms with van der Waals surface area (Å²) in [4.78, 5) is 37.4. The Morgan fingerprint density at radius 3 is 2.34 bits per heavy atom. The Morgan fingerprint density at radius 1 is 1.06 bits per heavy atom. The topological polar surface area (TPSA) is 122 Å². The van der Waals surface area contributed by atoms with Gasteiger partial charge in [0.15, 0.2) is 11.5 Å². The fourth-order valence-corrected chi connectivity index (χ4v) is 4.46. The second kappa shape index (κ2) is 9.61. The average Bonchev–Trinajstić information content (AvgIpc) is 3.45. The van der Waals surface area contributed by atoms with Crippen LogP contribution in [0, 0.1) is 5.92 Å². The molecule has 2 aliphatic rings. The molecule has 2 amide bonds. The van der Waals surface area contributed by atoms with Crippen molar-refractivity contribution in [2.24, 2.45) is 5.92 Å². The second-order valence-corrected chi connectivity index (χ2v) is 8.88. The number of ether oxygens (including phenoxy) is 1.